The molecule has 1 aromatic heterocycles. The van der Waals surface area contributed by atoms with E-state index >= 15 is 0 Å². The van der Waals surface area contributed by atoms with Crippen LogP contribution in [0, 0.1) is 0 Å². The average molecular weight is 408 g/mol. The molecule has 26 heavy (non-hydrogen) atoms. The van der Waals surface area contributed by atoms with Gasteiger partial charge in [-0.2, -0.15) is 0 Å². The Morgan fingerprint density at radius 3 is 2.50 bits per heavy atom. The maximum Gasteiger partial charge on any atom is 0.228 e. The lowest BCUT2D eigenvalue weighted by Crippen LogP contribution is -2.29. The van der Waals surface area contributed by atoms with E-state index in [9.17, 15) is 9.59 Å². The van der Waals surface area contributed by atoms with E-state index in [1.54, 1.807) is 42.5 Å². The summed E-state index contributed by atoms with van der Waals surface area (Å²) in [6.07, 6.45) is 0.0812. The Morgan fingerprint density at radius 2 is 1.81 bits per heavy atom. The van der Waals surface area contributed by atoms with Gasteiger partial charge in [-0.05, 0) is 35.9 Å². The summed E-state index contributed by atoms with van der Waals surface area (Å²) >= 11 is 13.2. The third kappa shape index (κ3) is 4.72. The van der Waals surface area contributed by atoms with Crippen LogP contribution in [0.5, 0.6) is 0 Å². The highest BCUT2D eigenvalue weighted by Crippen LogP contribution is 2.29. The molecule has 0 aliphatic heterocycles. The monoisotopic (exact) mass is 407 g/mol. The van der Waals surface area contributed by atoms with Crippen molar-refractivity contribution in [3.05, 3.63) is 58.1 Å². The number of nitrogens with one attached hydrogen (secondary N) is 2. The zero-order valence-corrected chi connectivity index (χ0v) is 16.1. The first-order valence-electron chi connectivity index (χ1n) is 7.79. The molecule has 0 saturated carbocycles. The summed E-state index contributed by atoms with van der Waals surface area (Å²) in [6, 6.07) is 11.9. The molecule has 2 N–H and O–H groups in total. The smallest absolute Gasteiger partial charge is 0.228 e. The van der Waals surface area contributed by atoms with Crippen LogP contribution in [-0.4, -0.2) is 16.8 Å². The lowest BCUT2D eigenvalue weighted by Gasteiger charge is -2.17. The van der Waals surface area contributed by atoms with Crippen LogP contribution < -0.4 is 10.6 Å². The van der Waals surface area contributed by atoms with E-state index in [0.29, 0.717) is 15.2 Å². The Labute approximate surface area is 164 Å². The summed E-state index contributed by atoms with van der Waals surface area (Å²) in [5, 5.41) is 7.27. The molecule has 3 aromatic rings. The number of hydrogen-bond acceptors (Lipinski definition) is 4. The van der Waals surface area contributed by atoms with Gasteiger partial charge in [-0.3, -0.25) is 9.59 Å². The molecule has 0 radical (unpaired) electrons. The van der Waals surface area contributed by atoms with Crippen LogP contribution in [0.4, 0.5) is 5.13 Å². The second-order valence-electron chi connectivity index (χ2n) is 5.69. The zero-order valence-electron chi connectivity index (χ0n) is 13.8. The van der Waals surface area contributed by atoms with Crippen molar-refractivity contribution in [3.8, 4) is 0 Å². The first-order valence-corrected chi connectivity index (χ1v) is 9.36. The Hall–Kier alpha value is -2.15. The second kappa shape index (κ2) is 8.03. The van der Waals surface area contributed by atoms with Crippen molar-refractivity contribution >= 4 is 61.7 Å². The van der Waals surface area contributed by atoms with Gasteiger partial charge in [0, 0.05) is 17.0 Å². The van der Waals surface area contributed by atoms with Crippen molar-refractivity contribution in [2.45, 2.75) is 19.4 Å². The maximum absolute atomic E-state index is 12.4. The highest BCUT2D eigenvalue weighted by atomic mass is 35.5. The van der Waals surface area contributed by atoms with Gasteiger partial charge in [-0.1, -0.05) is 46.7 Å². The van der Waals surface area contributed by atoms with Gasteiger partial charge in [0.1, 0.15) is 0 Å². The summed E-state index contributed by atoms with van der Waals surface area (Å²) in [6.45, 7) is 1.41. The van der Waals surface area contributed by atoms with Crippen molar-refractivity contribution in [1.29, 1.82) is 0 Å². The molecular formula is C18H15Cl2N3O2S. The second-order valence-corrected chi connectivity index (χ2v) is 7.59. The molecule has 1 unspecified atom stereocenters. The van der Waals surface area contributed by atoms with Gasteiger partial charge in [0.15, 0.2) is 5.13 Å². The number of carbonyl (C=O) groups is 2. The first-order chi connectivity index (χ1) is 12.4. The predicted molar refractivity (Wildman–Crippen MR) is 106 cm³/mol. The number of anilines is 1. The number of hydrogen-bond donors (Lipinski definition) is 2. The number of carbonyl (C=O) groups excluding carboxylic acids is 2. The van der Waals surface area contributed by atoms with E-state index < -0.39 is 6.04 Å². The molecule has 1 heterocycles. The lowest BCUT2D eigenvalue weighted by molar-refractivity contribution is -0.120. The predicted octanol–water partition coefficient (Wildman–Crippen LogP) is 4.81. The number of thiazole rings is 1. The quantitative estimate of drug-likeness (QED) is 0.637. The van der Waals surface area contributed by atoms with E-state index in [2.05, 4.69) is 15.6 Å². The summed E-state index contributed by atoms with van der Waals surface area (Å²) in [5.74, 6) is -0.462. The fourth-order valence-electron chi connectivity index (χ4n) is 2.50. The molecule has 134 valence electrons. The molecule has 0 aliphatic rings. The number of amides is 2. The van der Waals surface area contributed by atoms with Crippen molar-refractivity contribution in [2.75, 3.05) is 5.32 Å². The molecule has 0 saturated heterocycles. The molecular weight excluding hydrogens is 393 g/mol. The highest BCUT2D eigenvalue weighted by molar-refractivity contribution is 7.22. The molecule has 5 nitrogen and oxygen atoms in total. The maximum atomic E-state index is 12.4. The molecule has 2 amide bonds. The van der Waals surface area contributed by atoms with Gasteiger partial charge >= 0.3 is 0 Å². The zero-order chi connectivity index (χ0) is 18.7. The summed E-state index contributed by atoms with van der Waals surface area (Å²) in [7, 11) is 0. The van der Waals surface area contributed by atoms with Crippen molar-refractivity contribution in [3.63, 3.8) is 0 Å². The van der Waals surface area contributed by atoms with Gasteiger partial charge in [0.05, 0.1) is 22.7 Å². The summed E-state index contributed by atoms with van der Waals surface area (Å²) in [4.78, 5) is 28.3. The molecule has 0 fully saturated rings. The third-order valence-electron chi connectivity index (χ3n) is 3.64. The Kier molecular flexibility index (Phi) is 5.76. The minimum atomic E-state index is -0.450. The van der Waals surface area contributed by atoms with Crippen LogP contribution >= 0.6 is 34.5 Å². The summed E-state index contributed by atoms with van der Waals surface area (Å²) in [5.41, 5.74) is 1.57. The van der Waals surface area contributed by atoms with Crippen molar-refractivity contribution < 1.29 is 9.59 Å². The molecule has 1 atom stereocenters. The van der Waals surface area contributed by atoms with Crippen LogP contribution in [-0.2, 0) is 9.59 Å². The topological polar surface area (TPSA) is 71.1 Å². The number of rotatable bonds is 5. The van der Waals surface area contributed by atoms with E-state index in [1.807, 2.05) is 0 Å². The molecule has 0 spiro atoms. The van der Waals surface area contributed by atoms with E-state index in [-0.39, 0.29) is 18.2 Å². The SMILES string of the molecule is CC(=O)NC(CC(=O)Nc1nc2ccc(Cl)cc2s1)c1ccc(Cl)cc1. The number of halogens is 2. The third-order valence-corrected chi connectivity index (χ3v) is 5.06. The number of nitrogens with zero attached hydrogens (tertiary/aromatic N) is 1. The summed E-state index contributed by atoms with van der Waals surface area (Å²) < 4.78 is 0.893. The normalized spacial score (nSPS) is 12.0. The lowest BCUT2D eigenvalue weighted by atomic mass is 10.0. The molecule has 0 aliphatic carbocycles. The number of fused-ring (bicyclic) bond motifs is 1. The number of benzene rings is 2. The van der Waals surface area contributed by atoms with Gasteiger partial charge < -0.3 is 10.6 Å². The van der Waals surface area contributed by atoms with Crippen LogP contribution in [0.3, 0.4) is 0 Å². The fraction of sp³-hybridized carbons (Fsp3) is 0.167. The average Bonchev–Trinajstić information content (AvgIpc) is 2.95. The molecule has 3 rings (SSSR count). The van der Waals surface area contributed by atoms with Crippen LogP contribution in [0.2, 0.25) is 10.0 Å². The fourth-order valence-corrected chi connectivity index (χ4v) is 3.78. The molecule has 8 heteroatoms. The molecule has 0 bridgehead atoms. The largest absolute Gasteiger partial charge is 0.349 e. The van der Waals surface area contributed by atoms with Crippen LogP contribution in [0.15, 0.2) is 42.5 Å². The van der Waals surface area contributed by atoms with Gasteiger partial charge in [-0.15, -0.1) is 0 Å². The standard InChI is InChI=1S/C18H15Cl2N3O2S/c1-10(24)21-15(11-2-4-12(19)5-3-11)9-17(25)23-18-22-14-7-6-13(20)8-16(14)26-18/h2-8,15H,9H2,1H3,(H,21,24)(H,22,23,25). The minimum Gasteiger partial charge on any atom is -0.349 e. The van der Waals surface area contributed by atoms with Crippen LogP contribution in [0.1, 0.15) is 24.9 Å². The van der Waals surface area contributed by atoms with E-state index in [4.69, 9.17) is 23.2 Å². The van der Waals surface area contributed by atoms with E-state index in [1.165, 1.54) is 18.3 Å². The minimum absolute atomic E-state index is 0.0812. The van der Waals surface area contributed by atoms with Gasteiger partial charge in [-0.25, -0.2) is 4.98 Å². The van der Waals surface area contributed by atoms with Crippen molar-refractivity contribution in [1.82, 2.24) is 10.3 Å². The Bertz CT molecular complexity index is 957. The van der Waals surface area contributed by atoms with Crippen LogP contribution in [0.25, 0.3) is 10.2 Å². The molecule has 2 aromatic carbocycles. The Balaban J connectivity index is 1.73. The van der Waals surface area contributed by atoms with E-state index in [0.717, 1.165) is 15.8 Å². The Morgan fingerprint density at radius 1 is 1.12 bits per heavy atom. The van der Waals surface area contributed by atoms with Gasteiger partial charge in [0.2, 0.25) is 11.8 Å². The van der Waals surface area contributed by atoms with Crippen molar-refractivity contribution in [2.24, 2.45) is 0 Å². The first kappa shape index (κ1) is 18.6. The number of aromatic nitrogens is 1. The highest BCUT2D eigenvalue weighted by Gasteiger charge is 2.18. The van der Waals surface area contributed by atoms with Gasteiger partial charge in [0.25, 0.3) is 0 Å².